The number of ether oxygens (including phenoxy) is 1. The normalized spacial score (nSPS) is 11.5. The van der Waals surface area contributed by atoms with Gasteiger partial charge in [0.1, 0.15) is 5.75 Å². The number of halogens is 2. The minimum atomic E-state index is -0.357. The molecule has 2 amide bonds. The Morgan fingerprint density at radius 3 is 2.39 bits per heavy atom. The summed E-state index contributed by atoms with van der Waals surface area (Å²) in [5.41, 5.74) is 1.67. The molecule has 5 nitrogen and oxygen atoms in total. The maximum Gasteiger partial charge on any atom is 0.255 e. The quantitative estimate of drug-likeness (QED) is 0.390. The van der Waals surface area contributed by atoms with Crippen LogP contribution in [0.3, 0.4) is 0 Å². The molecule has 0 saturated carbocycles. The molecule has 0 aliphatic carbocycles. The lowest BCUT2D eigenvalue weighted by Crippen LogP contribution is -2.22. The third-order valence-electron chi connectivity index (χ3n) is 4.32. The first-order valence-electron chi connectivity index (χ1n) is 9.34. The van der Waals surface area contributed by atoms with Crippen molar-refractivity contribution in [3.8, 4) is 5.75 Å². The summed E-state index contributed by atoms with van der Waals surface area (Å²) in [5, 5.41) is 6.18. The van der Waals surface area contributed by atoms with Crippen LogP contribution in [0.2, 0.25) is 10.0 Å². The second kappa shape index (κ2) is 10.6. The fraction of sp³-hybridized carbons (Fsp3) is 0.130. The molecule has 0 aromatic heterocycles. The van der Waals surface area contributed by atoms with Crippen LogP contribution in [-0.2, 0) is 4.79 Å². The van der Waals surface area contributed by atoms with E-state index in [1.807, 2.05) is 19.1 Å². The van der Waals surface area contributed by atoms with Crippen molar-refractivity contribution in [3.05, 3.63) is 82.3 Å². The second-order valence-electron chi connectivity index (χ2n) is 6.58. The predicted octanol–water partition coefficient (Wildman–Crippen LogP) is 6.37. The van der Waals surface area contributed by atoms with Crippen molar-refractivity contribution in [3.63, 3.8) is 0 Å². The van der Waals surface area contributed by atoms with Gasteiger partial charge in [-0.1, -0.05) is 29.3 Å². The Morgan fingerprint density at radius 2 is 1.71 bits per heavy atom. The molecule has 2 N–H and O–H groups in total. The third kappa shape index (κ3) is 6.40. The molecule has 3 aromatic carbocycles. The van der Waals surface area contributed by atoms with Crippen molar-refractivity contribution in [1.29, 1.82) is 0 Å². The number of amides is 2. The zero-order valence-electron chi connectivity index (χ0n) is 16.8. The van der Waals surface area contributed by atoms with E-state index in [-0.39, 0.29) is 17.1 Å². The lowest BCUT2D eigenvalue weighted by atomic mass is 10.2. The van der Waals surface area contributed by atoms with Crippen LogP contribution in [0.25, 0.3) is 0 Å². The number of carbonyl (C=O) groups excluding carboxylic acids is 2. The summed E-state index contributed by atoms with van der Waals surface area (Å²) in [6.07, 6.45) is 0. The van der Waals surface area contributed by atoms with Gasteiger partial charge in [-0.15, -0.1) is 11.8 Å². The number of rotatable bonds is 7. The predicted molar refractivity (Wildman–Crippen MR) is 128 cm³/mol. The van der Waals surface area contributed by atoms with Gasteiger partial charge < -0.3 is 15.4 Å². The monoisotopic (exact) mass is 474 g/mol. The minimum Gasteiger partial charge on any atom is -0.497 e. The standard InChI is InChI=1S/C23H20Cl2N2O3S/c1-14(22(28)27-21-11-6-16(24)13-20(21)25)31-19-9-7-17(8-10-19)26-23(29)15-4-3-5-18(12-15)30-2/h3-14H,1-2H3,(H,26,29)(H,27,28). The van der Waals surface area contributed by atoms with Crippen LogP contribution in [-0.4, -0.2) is 24.2 Å². The fourth-order valence-electron chi connectivity index (χ4n) is 2.67. The summed E-state index contributed by atoms with van der Waals surface area (Å²) in [6.45, 7) is 1.81. The van der Waals surface area contributed by atoms with Crippen molar-refractivity contribution in [2.45, 2.75) is 17.1 Å². The van der Waals surface area contributed by atoms with Crippen LogP contribution in [0.15, 0.2) is 71.6 Å². The topological polar surface area (TPSA) is 67.4 Å². The number of methoxy groups -OCH3 is 1. The van der Waals surface area contributed by atoms with Crippen LogP contribution in [0, 0.1) is 0 Å². The summed E-state index contributed by atoms with van der Waals surface area (Å²) in [5.74, 6) is 0.211. The van der Waals surface area contributed by atoms with Crippen molar-refractivity contribution in [2.75, 3.05) is 17.7 Å². The molecule has 3 rings (SSSR count). The number of hydrogen-bond donors (Lipinski definition) is 2. The molecule has 31 heavy (non-hydrogen) atoms. The maximum absolute atomic E-state index is 12.5. The lowest BCUT2D eigenvalue weighted by Gasteiger charge is -2.13. The molecule has 1 unspecified atom stereocenters. The van der Waals surface area contributed by atoms with Gasteiger partial charge in [-0.25, -0.2) is 0 Å². The SMILES string of the molecule is COc1cccc(C(=O)Nc2ccc(SC(C)C(=O)Nc3ccc(Cl)cc3Cl)cc2)c1. The molecule has 8 heteroatoms. The molecular weight excluding hydrogens is 455 g/mol. The summed E-state index contributed by atoms with van der Waals surface area (Å²) in [7, 11) is 1.55. The Hall–Kier alpha value is -2.67. The van der Waals surface area contributed by atoms with E-state index in [9.17, 15) is 9.59 Å². The molecule has 0 radical (unpaired) electrons. The molecule has 0 aliphatic rings. The first-order valence-corrected chi connectivity index (χ1v) is 11.0. The van der Waals surface area contributed by atoms with Gasteiger partial charge in [-0.3, -0.25) is 9.59 Å². The minimum absolute atomic E-state index is 0.176. The van der Waals surface area contributed by atoms with Crippen LogP contribution < -0.4 is 15.4 Å². The van der Waals surface area contributed by atoms with E-state index in [1.54, 1.807) is 61.7 Å². The molecular formula is C23H20Cl2N2O3S. The summed E-state index contributed by atoms with van der Waals surface area (Å²) in [6, 6.07) is 19.1. The first kappa shape index (κ1) is 23.0. The third-order valence-corrected chi connectivity index (χ3v) is 5.97. The van der Waals surface area contributed by atoms with E-state index < -0.39 is 0 Å². The van der Waals surface area contributed by atoms with Gasteiger partial charge in [0.2, 0.25) is 5.91 Å². The van der Waals surface area contributed by atoms with Gasteiger partial charge in [0, 0.05) is 21.2 Å². The van der Waals surface area contributed by atoms with Gasteiger partial charge in [0.25, 0.3) is 5.91 Å². The summed E-state index contributed by atoms with van der Waals surface area (Å²) >= 11 is 13.4. The highest BCUT2D eigenvalue weighted by molar-refractivity contribution is 8.00. The fourth-order valence-corrected chi connectivity index (χ4v) is 3.99. The van der Waals surface area contributed by atoms with Crippen molar-refractivity contribution >= 4 is 58.2 Å². The van der Waals surface area contributed by atoms with E-state index >= 15 is 0 Å². The van der Waals surface area contributed by atoms with Gasteiger partial charge in [0.05, 0.1) is 23.1 Å². The number of thioether (sulfide) groups is 1. The van der Waals surface area contributed by atoms with E-state index in [1.165, 1.54) is 11.8 Å². The van der Waals surface area contributed by atoms with E-state index in [0.29, 0.717) is 32.7 Å². The van der Waals surface area contributed by atoms with Crippen LogP contribution in [0.5, 0.6) is 5.75 Å². The zero-order chi connectivity index (χ0) is 22.4. The van der Waals surface area contributed by atoms with Gasteiger partial charge in [0.15, 0.2) is 0 Å². The van der Waals surface area contributed by atoms with Crippen molar-refractivity contribution in [1.82, 2.24) is 0 Å². The van der Waals surface area contributed by atoms with Crippen LogP contribution >= 0.6 is 35.0 Å². The van der Waals surface area contributed by atoms with Crippen molar-refractivity contribution in [2.24, 2.45) is 0 Å². The number of nitrogens with one attached hydrogen (secondary N) is 2. The molecule has 0 bridgehead atoms. The first-order chi connectivity index (χ1) is 14.9. The van der Waals surface area contributed by atoms with Crippen LogP contribution in [0.1, 0.15) is 17.3 Å². The molecule has 0 saturated heterocycles. The lowest BCUT2D eigenvalue weighted by molar-refractivity contribution is -0.115. The number of benzene rings is 3. The van der Waals surface area contributed by atoms with Gasteiger partial charge in [-0.2, -0.15) is 0 Å². The molecule has 0 aliphatic heterocycles. The molecule has 3 aromatic rings. The summed E-state index contributed by atoms with van der Waals surface area (Å²) in [4.78, 5) is 25.8. The average molecular weight is 475 g/mol. The smallest absolute Gasteiger partial charge is 0.255 e. The van der Waals surface area contributed by atoms with Crippen molar-refractivity contribution < 1.29 is 14.3 Å². The highest BCUT2D eigenvalue weighted by Crippen LogP contribution is 2.29. The van der Waals surface area contributed by atoms with E-state index in [4.69, 9.17) is 27.9 Å². The molecule has 0 heterocycles. The highest BCUT2D eigenvalue weighted by atomic mass is 35.5. The van der Waals surface area contributed by atoms with Gasteiger partial charge >= 0.3 is 0 Å². The second-order valence-corrected chi connectivity index (χ2v) is 8.84. The number of hydrogen-bond acceptors (Lipinski definition) is 4. The largest absolute Gasteiger partial charge is 0.497 e. The maximum atomic E-state index is 12.5. The Kier molecular flexibility index (Phi) is 7.85. The zero-order valence-corrected chi connectivity index (χ0v) is 19.1. The number of carbonyl (C=O) groups is 2. The van der Waals surface area contributed by atoms with Gasteiger partial charge in [-0.05, 0) is 67.6 Å². The molecule has 0 fully saturated rings. The van der Waals surface area contributed by atoms with Crippen LogP contribution in [0.4, 0.5) is 11.4 Å². The average Bonchev–Trinajstić information content (AvgIpc) is 2.77. The molecule has 1 atom stereocenters. The Morgan fingerprint density at radius 1 is 0.968 bits per heavy atom. The number of anilines is 2. The summed E-state index contributed by atoms with van der Waals surface area (Å²) < 4.78 is 5.15. The Bertz CT molecular complexity index is 1090. The molecule has 160 valence electrons. The van der Waals surface area contributed by atoms with E-state index in [2.05, 4.69) is 10.6 Å². The molecule has 0 spiro atoms. The Labute approximate surface area is 195 Å². The van der Waals surface area contributed by atoms with E-state index in [0.717, 1.165) is 4.90 Å². The Balaban J connectivity index is 1.58. The highest BCUT2D eigenvalue weighted by Gasteiger charge is 2.16.